The Morgan fingerprint density at radius 2 is 1.02 bits per heavy atom. The normalized spacial score (nSPS) is 11.8. The van der Waals surface area contributed by atoms with Crippen LogP contribution in [-0.4, -0.2) is 0 Å². The van der Waals surface area contributed by atoms with E-state index in [4.69, 9.17) is 4.42 Å². The number of thiophene rings is 1. The third kappa shape index (κ3) is 4.17. The Labute approximate surface area is 275 Å². The van der Waals surface area contributed by atoms with Gasteiger partial charge in [0, 0.05) is 53.4 Å². The highest BCUT2D eigenvalue weighted by atomic mass is 32.1. The van der Waals surface area contributed by atoms with Gasteiger partial charge in [-0.2, -0.15) is 0 Å². The molecule has 47 heavy (non-hydrogen) atoms. The minimum Gasteiger partial charge on any atom is -0.456 e. The minimum absolute atomic E-state index is 0.894. The first-order chi connectivity index (χ1) is 23.3. The first-order valence-electron chi connectivity index (χ1n) is 15.9. The molecule has 220 valence electrons. The second kappa shape index (κ2) is 10.3. The molecule has 0 amide bonds. The molecule has 3 heteroatoms. The van der Waals surface area contributed by atoms with E-state index < -0.39 is 0 Å². The molecule has 0 N–H and O–H groups in total. The Morgan fingerprint density at radius 3 is 1.89 bits per heavy atom. The summed E-state index contributed by atoms with van der Waals surface area (Å²) >= 11 is 1.89. The van der Waals surface area contributed by atoms with E-state index in [1.165, 1.54) is 52.8 Å². The summed E-state index contributed by atoms with van der Waals surface area (Å²) in [5, 5.41) is 9.96. The third-order valence-electron chi connectivity index (χ3n) is 9.44. The summed E-state index contributed by atoms with van der Waals surface area (Å²) in [4.78, 5) is 2.37. The molecule has 8 aromatic carbocycles. The van der Waals surface area contributed by atoms with Crippen LogP contribution < -0.4 is 4.90 Å². The predicted molar refractivity (Wildman–Crippen MR) is 202 cm³/mol. The van der Waals surface area contributed by atoms with Crippen LogP contribution in [0.3, 0.4) is 0 Å². The molecular weight excluding hydrogens is 591 g/mol. The summed E-state index contributed by atoms with van der Waals surface area (Å²) in [6.45, 7) is 0. The van der Waals surface area contributed by atoms with Crippen molar-refractivity contribution in [2.24, 2.45) is 0 Å². The Kier molecular flexibility index (Phi) is 5.78. The molecule has 0 radical (unpaired) electrons. The van der Waals surface area contributed by atoms with Gasteiger partial charge in [0.1, 0.15) is 11.2 Å². The van der Waals surface area contributed by atoms with E-state index in [0.717, 1.165) is 39.0 Å². The number of hydrogen-bond acceptors (Lipinski definition) is 3. The molecule has 0 unspecified atom stereocenters. The van der Waals surface area contributed by atoms with Crippen LogP contribution in [-0.2, 0) is 0 Å². The third-order valence-corrected chi connectivity index (χ3v) is 10.6. The maximum absolute atomic E-state index is 6.22. The molecule has 0 aliphatic rings. The zero-order chi connectivity index (χ0) is 30.9. The molecule has 2 heterocycles. The lowest BCUT2D eigenvalue weighted by Crippen LogP contribution is -2.09. The number of nitrogens with zero attached hydrogens (tertiary/aromatic N) is 1. The van der Waals surface area contributed by atoms with E-state index in [0.29, 0.717) is 0 Å². The van der Waals surface area contributed by atoms with Crippen molar-refractivity contribution in [2.45, 2.75) is 0 Å². The monoisotopic (exact) mass is 617 g/mol. The number of hydrogen-bond donors (Lipinski definition) is 0. The smallest absolute Gasteiger partial charge is 0.135 e. The van der Waals surface area contributed by atoms with Gasteiger partial charge in [-0.3, -0.25) is 0 Å². The molecule has 0 fully saturated rings. The van der Waals surface area contributed by atoms with Gasteiger partial charge in [0.25, 0.3) is 0 Å². The summed E-state index contributed by atoms with van der Waals surface area (Å²) in [6, 6.07) is 59.0. The average molecular weight is 618 g/mol. The van der Waals surface area contributed by atoms with Crippen molar-refractivity contribution in [3.05, 3.63) is 164 Å². The van der Waals surface area contributed by atoms with Crippen molar-refractivity contribution in [3.63, 3.8) is 0 Å². The van der Waals surface area contributed by atoms with Crippen LogP contribution >= 0.6 is 11.3 Å². The maximum Gasteiger partial charge on any atom is 0.135 e. The topological polar surface area (TPSA) is 16.4 Å². The van der Waals surface area contributed by atoms with Gasteiger partial charge in [-0.05, 0) is 81.9 Å². The van der Waals surface area contributed by atoms with Gasteiger partial charge < -0.3 is 9.32 Å². The zero-order valence-electron chi connectivity index (χ0n) is 25.4. The highest BCUT2D eigenvalue weighted by Gasteiger charge is 2.18. The Bertz CT molecular complexity index is 2790. The van der Waals surface area contributed by atoms with E-state index in [-0.39, 0.29) is 0 Å². The summed E-state index contributed by atoms with van der Waals surface area (Å²) in [7, 11) is 0. The van der Waals surface area contributed by atoms with Gasteiger partial charge in [-0.15, -0.1) is 11.3 Å². The second-order valence-electron chi connectivity index (χ2n) is 12.1. The number of fused-ring (bicyclic) bond motifs is 10. The number of furan rings is 1. The summed E-state index contributed by atoms with van der Waals surface area (Å²) in [5.74, 6) is 0. The van der Waals surface area contributed by atoms with Crippen molar-refractivity contribution < 1.29 is 4.42 Å². The van der Waals surface area contributed by atoms with Gasteiger partial charge in [0.15, 0.2) is 0 Å². The van der Waals surface area contributed by atoms with Crippen LogP contribution in [0.15, 0.2) is 168 Å². The van der Waals surface area contributed by atoms with Crippen LogP contribution in [0.25, 0.3) is 74.8 Å². The summed E-state index contributed by atoms with van der Waals surface area (Å²) < 4.78 is 8.88. The lowest BCUT2D eigenvalue weighted by molar-refractivity contribution is 0.669. The molecule has 0 spiro atoms. The fourth-order valence-electron chi connectivity index (χ4n) is 7.18. The fourth-order valence-corrected chi connectivity index (χ4v) is 8.45. The summed E-state index contributed by atoms with van der Waals surface area (Å²) in [6.07, 6.45) is 0. The van der Waals surface area contributed by atoms with Crippen molar-refractivity contribution in [1.29, 1.82) is 0 Å². The summed E-state index contributed by atoms with van der Waals surface area (Å²) in [5.41, 5.74) is 7.51. The van der Waals surface area contributed by atoms with Crippen LogP contribution in [0.4, 0.5) is 17.1 Å². The van der Waals surface area contributed by atoms with E-state index in [2.05, 4.69) is 157 Å². The van der Waals surface area contributed by atoms with Gasteiger partial charge in [-0.25, -0.2) is 0 Å². The number of para-hydroxylation sites is 1. The van der Waals surface area contributed by atoms with Crippen molar-refractivity contribution >= 4 is 92.1 Å². The van der Waals surface area contributed by atoms with Gasteiger partial charge in [0.2, 0.25) is 0 Å². The zero-order valence-corrected chi connectivity index (χ0v) is 26.2. The average Bonchev–Trinajstić information content (AvgIpc) is 3.70. The highest BCUT2D eigenvalue weighted by Crippen LogP contribution is 2.44. The molecule has 0 saturated carbocycles. The SMILES string of the molecule is c1ccc(-c2ccc(N(c3ccc4oc5ccccc5c4c3)c3ccc4ccc5ccc6c7ccccc7sc6c5c4c3)cc2)cc1. The van der Waals surface area contributed by atoms with Crippen molar-refractivity contribution in [2.75, 3.05) is 4.90 Å². The molecular formula is C44H27NOS. The van der Waals surface area contributed by atoms with E-state index in [1.807, 2.05) is 23.5 Å². The van der Waals surface area contributed by atoms with Crippen molar-refractivity contribution in [1.82, 2.24) is 0 Å². The highest BCUT2D eigenvalue weighted by molar-refractivity contribution is 7.26. The second-order valence-corrected chi connectivity index (χ2v) is 13.2. The van der Waals surface area contributed by atoms with Crippen LogP contribution in [0.1, 0.15) is 0 Å². The van der Waals surface area contributed by atoms with Crippen molar-refractivity contribution in [3.8, 4) is 11.1 Å². The van der Waals surface area contributed by atoms with Gasteiger partial charge in [0.05, 0.1) is 0 Å². The van der Waals surface area contributed by atoms with Crippen LogP contribution in [0.5, 0.6) is 0 Å². The lowest BCUT2D eigenvalue weighted by atomic mass is 9.98. The Balaban J connectivity index is 1.22. The molecule has 0 saturated heterocycles. The number of benzene rings is 8. The van der Waals surface area contributed by atoms with E-state index in [9.17, 15) is 0 Å². The van der Waals surface area contributed by atoms with Crippen LogP contribution in [0.2, 0.25) is 0 Å². The molecule has 2 aromatic heterocycles. The van der Waals surface area contributed by atoms with E-state index >= 15 is 0 Å². The Morgan fingerprint density at radius 1 is 0.404 bits per heavy atom. The first kappa shape index (κ1) is 26.3. The number of rotatable bonds is 4. The molecule has 10 aromatic rings. The fraction of sp³-hybridized carbons (Fsp3) is 0. The van der Waals surface area contributed by atoms with E-state index in [1.54, 1.807) is 0 Å². The molecule has 0 bridgehead atoms. The lowest BCUT2D eigenvalue weighted by Gasteiger charge is -2.26. The quantitative estimate of drug-likeness (QED) is 0.183. The van der Waals surface area contributed by atoms with Gasteiger partial charge >= 0.3 is 0 Å². The largest absolute Gasteiger partial charge is 0.456 e. The predicted octanol–water partition coefficient (Wildman–Crippen LogP) is 13.4. The minimum atomic E-state index is 0.894. The molecule has 10 rings (SSSR count). The molecule has 0 aliphatic heterocycles. The standard InChI is InChI=1S/C44H27NOS/c1-2-8-28(9-3-1)29-16-20-32(21-17-29)45(34-23-25-41-39(27-34)35-10-4-6-12-40(35)46-41)33-22-18-30-14-15-31-19-24-37-36-11-5-7-13-42(36)47-44(37)43(31)38(30)26-33/h1-27H. The maximum atomic E-state index is 6.22. The number of anilines is 3. The molecule has 2 nitrogen and oxygen atoms in total. The van der Waals surface area contributed by atoms with Crippen LogP contribution in [0, 0.1) is 0 Å². The molecule has 0 atom stereocenters. The van der Waals surface area contributed by atoms with Gasteiger partial charge in [-0.1, -0.05) is 109 Å². The first-order valence-corrected chi connectivity index (χ1v) is 16.7. The Hall–Kier alpha value is -5.90. The molecule has 0 aliphatic carbocycles.